The van der Waals surface area contributed by atoms with Crippen LogP contribution in [0.3, 0.4) is 0 Å². The third-order valence-corrected chi connectivity index (χ3v) is 12.9. The predicted molar refractivity (Wildman–Crippen MR) is 132 cm³/mol. The minimum atomic E-state index is -0.298. The molecule has 0 aromatic carbocycles. The Kier molecular flexibility index (Phi) is 5.31. The number of carbonyl (C=O) groups is 1. The van der Waals surface area contributed by atoms with Crippen LogP contribution in [-0.2, 0) is 9.53 Å². The zero-order valence-corrected chi connectivity index (χ0v) is 22.3. The summed E-state index contributed by atoms with van der Waals surface area (Å²) < 4.78 is 5.46. The number of aliphatic hydroxyl groups excluding tert-OH is 1. The van der Waals surface area contributed by atoms with Crippen LogP contribution in [0.25, 0.3) is 0 Å². The summed E-state index contributed by atoms with van der Waals surface area (Å²) >= 11 is 0. The quantitative estimate of drug-likeness (QED) is 0.344. The van der Waals surface area contributed by atoms with Crippen LogP contribution in [0.15, 0.2) is 11.6 Å². The number of hydrogen-bond acceptors (Lipinski definition) is 3. The normalized spacial score (nSPS) is 53.0. The summed E-state index contributed by atoms with van der Waals surface area (Å²) in [6.45, 7) is 14.8. The second-order valence-electron chi connectivity index (χ2n) is 14.3. The Labute approximate surface area is 202 Å². The molecule has 5 rings (SSSR count). The van der Waals surface area contributed by atoms with E-state index in [0.717, 1.165) is 51.4 Å². The molecule has 0 aliphatic heterocycles. The number of carbonyl (C=O) groups excluding carboxylic acids is 1. The van der Waals surface area contributed by atoms with Crippen molar-refractivity contribution < 1.29 is 14.6 Å². The van der Waals surface area contributed by atoms with E-state index in [-0.39, 0.29) is 39.1 Å². The minimum absolute atomic E-state index is 0.00929. The maximum Gasteiger partial charge on any atom is 0.312 e. The van der Waals surface area contributed by atoms with Crippen LogP contribution in [0.5, 0.6) is 0 Å². The van der Waals surface area contributed by atoms with E-state index in [2.05, 4.69) is 47.6 Å². The van der Waals surface area contributed by atoms with Gasteiger partial charge in [-0.25, -0.2) is 0 Å². The molecule has 0 bridgehead atoms. The van der Waals surface area contributed by atoms with E-state index in [1.165, 1.54) is 12.8 Å². The molecule has 3 nitrogen and oxygen atoms in total. The predicted octanol–water partition coefficient (Wildman–Crippen LogP) is 6.93. The Bertz CT molecular complexity index is 859. The topological polar surface area (TPSA) is 46.5 Å². The lowest BCUT2D eigenvalue weighted by Gasteiger charge is -2.71. The van der Waals surface area contributed by atoms with E-state index in [1.54, 1.807) is 12.7 Å². The monoisotopic (exact) mass is 456 g/mol. The third kappa shape index (κ3) is 2.87. The van der Waals surface area contributed by atoms with E-state index in [0.29, 0.717) is 23.7 Å². The van der Waals surface area contributed by atoms with Crippen molar-refractivity contribution in [2.75, 3.05) is 7.11 Å². The van der Waals surface area contributed by atoms with Crippen LogP contribution in [-0.4, -0.2) is 24.3 Å². The Morgan fingerprint density at radius 1 is 0.970 bits per heavy atom. The standard InChI is InChI=1S/C30H48O3/c1-19-10-15-30(25(32)33-7)17-16-28(5)20(21(30)18-19)8-9-23-27(4)13-12-24(31)26(2,3)22(27)11-14-29(23,28)6/h8,19,21-24,31H,9-18H2,1-7H3/t19-,21-,22?,23?,24-,27-,28-,29+,30-/m0/s1. The molecule has 3 heteroatoms. The first-order chi connectivity index (χ1) is 15.4. The molecular weight excluding hydrogens is 408 g/mol. The Hall–Kier alpha value is -0.830. The summed E-state index contributed by atoms with van der Waals surface area (Å²) in [5.41, 5.74) is 1.99. The Morgan fingerprint density at radius 3 is 2.39 bits per heavy atom. The zero-order chi connectivity index (χ0) is 24.0. The fourth-order valence-corrected chi connectivity index (χ4v) is 10.7. The number of esters is 1. The molecule has 4 saturated carbocycles. The molecule has 5 aliphatic carbocycles. The van der Waals surface area contributed by atoms with Crippen molar-refractivity contribution in [3.05, 3.63) is 11.6 Å². The molecular formula is C30H48O3. The van der Waals surface area contributed by atoms with E-state index >= 15 is 0 Å². The van der Waals surface area contributed by atoms with Gasteiger partial charge in [0, 0.05) is 0 Å². The highest BCUT2D eigenvalue weighted by Crippen LogP contribution is 2.75. The van der Waals surface area contributed by atoms with Crippen LogP contribution in [0.1, 0.15) is 106 Å². The molecule has 0 aromatic rings. The molecule has 0 aromatic heterocycles. The van der Waals surface area contributed by atoms with Crippen LogP contribution >= 0.6 is 0 Å². The highest BCUT2D eigenvalue weighted by molar-refractivity contribution is 5.78. The highest BCUT2D eigenvalue weighted by atomic mass is 16.5. The number of methoxy groups -OCH3 is 1. The molecule has 0 spiro atoms. The number of hydrogen-bond donors (Lipinski definition) is 1. The van der Waals surface area contributed by atoms with Gasteiger partial charge in [0.05, 0.1) is 18.6 Å². The van der Waals surface area contributed by atoms with Crippen molar-refractivity contribution in [1.29, 1.82) is 0 Å². The van der Waals surface area contributed by atoms with Crippen molar-refractivity contribution in [1.82, 2.24) is 0 Å². The van der Waals surface area contributed by atoms with Crippen molar-refractivity contribution >= 4 is 5.97 Å². The first-order valence-corrected chi connectivity index (χ1v) is 13.8. The van der Waals surface area contributed by atoms with Crippen molar-refractivity contribution in [2.24, 2.45) is 50.7 Å². The number of ether oxygens (including phenoxy) is 1. The number of aliphatic hydroxyl groups is 1. The van der Waals surface area contributed by atoms with Gasteiger partial charge in [0.2, 0.25) is 0 Å². The molecule has 0 amide bonds. The maximum absolute atomic E-state index is 13.2. The lowest BCUT2D eigenvalue weighted by atomic mass is 9.34. The van der Waals surface area contributed by atoms with Crippen molar-refractivity contribution in [3.8, 4) is 0 Å². The first kappa shape index (κ1) is 23.9. The largest absolute Gasteiger partial charge is 0.469 e. The van der Waals surface area contributed by atoms with Crippen molar-refractivity contribution in [3.63, 3.8) is 0 Å². The molecule has 0 saturated heterocycles. The molecule has 5 aliphatic rings. The highest BCUT2D eigenvalue weighted by Gasteiger charge is 2.68. The molecule has 186 valence electrons. The van der Waals surface area contributed by atoms with Crippen LogP contribution in [0.2, 0.25) is 0 Å². The van der Waals surface area contributed by atoms with E-state index in [1.807, 2.05) is 0 Å². The van der Waals surface area contributed by atoms with Gasteiger partial charge in [-0.05, 0) is 110 Å². The molecule has 0 radical (unpaired) electrons. The average Bonchev–Trinajstić information content (AvgIpc) is 2.76. The molecule has 33 heavy (non-hydrogen) atoms. The molecule has 2 unspecified atom stereocenters. The van der Waals surface area contributed by atoms with Gasteiger partial charge in [-0.2, -0.15) is 0 Å². The van der Waals surface area contributed by atoms with Gasteiger partial charge < -0.3 is 9.84 Å². The van der Waals surface area contributed by atoms with Gasteiger partial charge >= 0.3 is 5.97 Å². The van der Waals surface area contributed by atoms with E-state index in [9.17, 15) is 9.90 Å². The second kappa shape index (κ2) is 7.34. The van der Waals surface area contributed by atoms with Gasteiger partial charge in [-0.1, -0.05) is 53.2 Å². The lowest BCUT2D eigenvalue weighted by molar-refractivity contribution is -0.205. The summed E-state index contributed by atoms with van der Waals surface area (Å²) in [5.74, 6) is 2.30. The summed E-state index contributed by atoms with van der Waals surface area (Å²) in [5, 5.41) is 10.9. The fraction of sp³-hybridized carbons (Fsp3) is 0.900. The smallest absolute Gasteiger partial charge is 0.312 e. The minimum Gasteiger partial charge on any atom is -0.469 e. The van der Waals surface area contributed by atoms with Crippen molar-refractivity contribution in [2.45, 2.75) is 112 Å². The molecule has 9 atom stereocenters. The molecule has 4 fully saturated rings. The van der Waals surface area contributed by atoms with Crippen LogP contribution in [0.4, 0.5) is 0 Å². The van der Waals surface area contributed by atoms with Crippen LogP contribution < -0.4 is 0 Å². The Balaban J connectivity index is 1.59. The number of allylic oxidation sites excluding steroid dienone is 2. The van der Waals surface area contributed by atoms with Gasteiger partial charge in [-0.15, -0.1) is 0 Å². The summed E-state index contributed by atoms with van der Waals surface area (Å²) in [7, 11) is 1.59. The maximum atomic E-state index is 13.2. The summed E-state index contributed by atoms with van der Waals surface area (Å²) in [6, 6.07) is 0. The van der Waals surface area contributed by atoms with Crippen LogP contribution in [0, 0.1) is 50.7 Å². The number of rotatable bonds is 1. The SMILES string of the molecule is COC(=O)[C@]12CC[C@H](C)C[C@H]1C1=CCC3[C@@]4(C)CC[C@H](O)C(C)(C)C4CC[C@@]3(C)[C@@]1(C)CC2. The van der Waals surface area contributed by atoms with Gasteiger partial charge in [-0.3, -0.25) is 4.79 Å². The summed E-state index contributed by atoms with van der Waals surface area (Å²) in [6.07, 6.45) is 13.5. The molecule has 0 heterocycles. The Morgan fingerprint density at radius 2 is 1.70 bits per heavy atom. The lowest BCUT2D eigenvalue weighted by Crippen LogP contribution is -2.65. The van der Waals surface area contributed by atoms with Gasteiger partial charge in [0.25, 0.3) is 0 Å². The first-order valence-electron chi connectivity index (χ1n) is 13.8. The average molecular weight is 457 g/mol. The zero-order valence-electron chi connectivity index (χ0n) is 22.3. The fourth-order valence-electron chi connectivity index (χ4n) is 10.7. The van der Waals surface area contributed by atoms with E-state index in [4.69, 9.17) is 4.74 Å². The molecule has 1 N–H and O–H groups in total. The van der Waals surface area contributed by atoms with E-state index < -0.39 is 0 Å². The number of fused-ring (bicyclic) bond motifs is 7. The van der Waals surface area contributed by atoms with Gasteiger partial charge in [0.15, 0.2) is 0 Å². The third-order valence-electron chi connectivity index (χ3n) is 12.9. The van der Waals surface area contributed by atoms with Gasteiger partial charge in [0.1, 0.15) is 0 Å². The second-order valence-corrected chi connectivity index (χ2v) is 14.3. The summed E-state index contributed by atoms with van der Waals surface area (Å²) in [4.78, 5) is 13.2.